The van der Waals surface area contributed by atoms with Gasteiger partial charge in [-0.1, -0.05) is 30.3 Å². The van der Waals surface area contributed by atoms with Crippen molar-refractivity contribution in [2.24, 2.45) is 0 Å². The number of para-hydroxylation sites is 1. The molecule has 1 N–H and O–H groups in total. The number of carbonyl (C=O) groups is 1. The fraction of sp³-hybridized carbons (Fsp3) is 0.227. The summed E-state index contributed by atoms with van der Waals surface area (Å²) in [6.07, 6.45) is 0.920. The van der Waals surface area contributed by atoms with Crippen LogP contribution in [-0.2, 0) is 24.2 Å². The van der Waals surface area contributed by atoms with Gasteiger partial charge in [0.2, 0.25) is 0 Å². The van der Waals surface area contributed by atoms with Crippen molar-refractivity contribution >= 4 is 5.91 Å². The number of nitrogens with one attached hydrogen (secondary N) is 1. The van der Waals surface area contributed by atoms with E-state index in [0.29, 0.717) is 42.2 Å². The minimum atomic E-state index is -0.304. The lowest BCUT2D eigenvalue weighted by Gasteiger charge is -2.27. The zero-order valence-corrected chi connectivity index (χ0v) is 15.7. The lowest BCUT2D eigenvalue weighted by Crippen LogP contribution is -2.41. The largest absolute Gasteiger partial charge is 0.484 e. The molecule has 29 heavy (non-hydrogen) atoms. The highest BCUT2D eigenvalue weighted by atomic mass is 19.1. The van der Waals surface area contributed by atoms with Gasteiger partial charge < -0.3 is 14.6 Å². The second-order valence-electron chi connectivity index (χ2n) is 6.91. The predicted molar refractivity (Wildman–Crippen MR) is 105 cm³/mol. The third kappa shape index (κ3) is 4.51. The molecular weight excluding hydrogens is 373 g/mol. The Morgan fingerprint density at radius 1 is 1.14 bits per heavy atom. The van der Waals surface area contributed by atoms with E-state index in [2.05, 4.69) is 9.97 Å². The van der Waals surface area contributed by atoms with Crippen LogP contribution in [0.2, 0.25) is 0 Å². The van der Waals surface area contributed by atoms with E-state index in [1.807, 2.05) is 18.2 Å². The van der Waals surface area contributed by atoms with Crippen LogP contribution >= 0.6 is 0 Å². The van der Waals surface area contributed by atoms with Crippen LogP contribution in [0.3, 0.4) is 0 Å². The molecule has 7 heteroatoms. The van der Waals surface area contributed by atoms with E-state index in [0.717, 1.165) is 5.56 Å². The Morgan fingerprint density at radius 3 is 2.66 bits per heavy atom. The number of H-pyrrole nitrogens is 1. The minimum absolute atomic E-state index is 0.0761. The summed E-state index contributed by atoms with van der Waals surface area (Å²) >= 11 is 0. The first-order chi connectivity index (χ1) is 14.1. The van der Waals surface area contributed by atoms with Crippen LogP contribution in [0.5, 0.6) is 5.75 Å². The topological polar surface area (TPSA) is 75.3 Å². The Kier molecular flexibility index (Phi) is 5.37. The van der Waals surface area contributed by atoms with E-state index >= 15 is 0 Å². The fourth-order valence-electron chi connectivity index (χ4n) is 3.32. The molecule has 1 aliphatic heterocycles. The molecule has 0 spiro atoms. The predicted octanol–water partition coefficient (Wildman–Crippen LogP) is 2.46. The SMILES string of the molecule is O=C(COc1ccccc1)N1CCc2nc(Cc3ccc(F)cc3)[nH]c(=O)c2C1. The van der Waals surface area contributed by atoms with E-state index in [-0.39, 0.29) is 30.4 Å². The molecule has 2 heterocycles. The summed E-state index contributed by atoms with van der Waals surface area (Å²) in [6, 6.07) is 15.2. The standard InChI is InChI=1S/C22H20FN3O3/c23-16-8-6-15(7-9-16)12-20-24-19-10-11-26(13-18(19)22(28)25-20)21(27)14-29-17-4-2-1-3-5-17/h1-9H,10-14H2,(H,24,25,28). The number of rotatable bonds is 5. The number of benzene rings is 2. The first-order valence-electron chi connectivity index (χ1n) is 9.39. The van der Waals surface area contributed by atoms with Gasteiger partial charge in [-0.25, -0.2) is 9.37 Å². The highest BCUT2D eigenvalue weighted by molar-refractivity contribution is 5.78. The molecule has 6 nitrogen and oxygen atoms in total. The highest BCUT2D eigenvalue weighted by Crippen LogP contribution is 2.16. The first-order valence-corrected chi connectivity index (χ1v) is 9.39. The Balaban J connectivity index is 1.43. The van der Waals surface area contributed by atoms with Crippen LogP contribution in [0.25, 0.3) is 0 Å². The summed E-state index contributed by atoms with van der Waals surface area (Å²) in [5.41, 5.74) is 1.83. The van der Waals surface area contributed by atoms with Crippen molar-refractivity contribution < 1.29 is 13.9 Å². The number of hydrogen-bond donors (Lipinski definition) is 1. The van der Waals surface area contributed by atoms with Crippen molar-refractivity contribution in [2.45, 2.75) is 19.4 Å². The summed E-state index contributed by atoms with van der Waals surface area (Å²) in [6.45, 7) is 0.620. The Bertz CT molecular complexity index is 1060. The molecule has 0 bridgehead atoms. The normalized spacial score (nSPS) is 13.1. The van der Waals surface area contributed by atoms with E-state index < -0.39 is 0 Å². The molecule has 148 valence electrons. The molecule has 0 radical (unpaired) electrons. The van der Waals surface area contributed by atoms with Crippen molar-refractivity contribution in [1.29, 1.82) is 0 Å². The van der Waals surface area contributed by atoms with Crippen LogP contribution in [0.1, 0.15) is 22.6 Å². The molecule has 1 amide bonds. The third-order valence-corrected chi connectivity index (χ3v) is 4.86. The van der Waals surface area contributed by atoms with Gasteiger partial charge in [-0.3, -0.25) is 9.59 Å². The number of amides is 1. The molecule has 0 atom stereocenters. The van der Waals surface area contributed by atoms with Crippen molar-refractivity contribution in [1.82, 2.24) is 14.9 Å². The Morgan fingerprint density at radius 2 is 1.90 bits per heavy atom. The highest BCUT2D eigenvalue weighted by Gasteiger charge is 2.24. The van der Waals surface area contributed by atoms with E-state index in [4.69, 9.17) is 4.74 Å². The van der Waals surface area contributed by atoms with Gasteiger partial charge in [0.1, 0.15) is 17.4 Å². The number of fused-ring (bicyclic) bond motifs is 1. The van der Waals surface area contributed by atoms with Crippen LogP contribution < -0.4 is 10.3 Å². The first kappa shape index (κ1) is 18.9. The number of ether oxygens (including phenoxy) is 1. The summed E-state index contributed by atoms with van der Waals surface area (Å²) in [5.74, 6) is 0.687. The maximum absolute atomic E-state index is 13.1. The maximum atomic E-state index is 13.1. The maximum Gasteiger partial charge on any atom is 0.260 e. The second-order valence-corrected chi connectivity index (χ2v) is 6.91. The van der Waals surface area contributed by atoms with Gasteiger partial charge in [0.15, 0.2) is 6.61 Å². The van der Waals surface area contributed by atoms with Gasteiger partial charge >= 0.3 is 0 Å². The average Bonchev–Trinajstić information content (AvgIpc) is 2.74. The lowest BCUT2D eigenvalue weighted by atomic mass is 10.1. The van der Waals surface area contributed by atoms with Crippen molar-refractivity contribution in [2.75, 3.05) is 13.2 Å². The lowest BCUT2D eigenvalue weighted by molar-refractivity contribution is -0.134. The summed E-state index contributed by atoms with van der Waals surface area (Å²) < 4.78 is 18.6. The number of carbonyl (C=O) groups excluding carboxylic acids is 1. The van der Waals surface area contributed by atoms with Gasteiger partial charge in [-0.15, -0.1) is 0 Å². The molecule has 1 aliphatic rings. The van der Waals surface area contributed by atoms with Gasteiger partial charge in [-0.2, -0.15) is 0 Å². The van der Waals surface area contributed by atoms with Crippen molar-refractivity contribution in [3.05, 3.63) is 93.4 Å². The molecule has 1 aromatic heterocycles. The molecule has 0 aliphatic carbocycles. The summed E-state index contributed by atoms with van der Waals surface area (Å²) in [7, 11) is 0. The molecule has 4 rings (SSSR count). The minimum Gasteiger partial charge on any atom is -0.484 e. The van der Waals surface area contributed by atoms with E-state index in [9.17, 15) is 14.0 Å². The van der Waals surface area contributed by atoms with Gasteiger partial charge in [0.05, 0.1) is 17.8 Å². The fourth-order valence-corrected chi connectivity index (χ4v) is 3.32. The molecule has 2 aromatic carbocycles. The number of aromatic amines is 1. The average molecular weight is 393 g/mol. The number of nitrogens with zero attached hydrogens (tertiary/aromatic N) is 2. The zero-order chi connectivity index (χ0) is 20.2. The van der Waals surface area contributed by atoms with E-state index in [1.165, 1.54) is 12.1 Å². The number of halogens is 1. The molecule has 0 fully saturated rings. The molecule has 0 unspecified atom stereocenters. The van der Waals surface area contributed by atoms with E-state index in [1.54, 1.807) is 29.2 Å². The van der Waals surface area contributed by atoms with Crippen LogP contribution in [0, 0.1) is 5.82 Å². The van der Waals surface area contributed by atoms with Gasteiger partial charge in [0, 0.05) is 19.4 Å². The van der Waals surface area contributed by atoms with Crippen molar-refractivity contribution in [3.8, 4) is 5.75 Å². The Hall–Kier alpha value is -3.48. The van der Waals surface area contributed by atoms with Gasteiger partial charge in [-0.05, 0) is 29.8 Å². The molecule has 0 saturated heterocycles. The molecular formula is C22H20FN3O3. The quantitative estimate of drug-likeness (QED) is 0.723. The van der Waals surface area contributed by atoms with Crippen LogP contribution in [0.4, 0.5) is 4.39 Å². The van der Waals surface area contributed by atoms with Crippen LogP contribution in [0.15, 0.2) is 59.4 Å². The Labute approximate surface area is 167 Å². The summed E-state index contributed by atoms with van der Waals surface area (Å²) in [5, 5.41) is 0. The van der Waals surface area contributed by atoms with Crippen molar-refractivity contribution in [3.63, 3.8) is 0 Å². The number of hydrogen-bond acceptors (Lipinski definition) is 4. The smallest absolute Gasteiger partial charge is 0.260 e. The second kappa shape index (κ2) is 8.26. The molecule has 3 aromatic rings. The monoisotopic (exact) mass is 393 g/mol. The van der Waals surface area contributed by atoms with Crippen LogP contribution in [-0.4, -0.2) is 33.9 Å². The van der Waals surface area contributed by atoms with Gasteiger partial charge in [0.25, 0.3) is 11.5 Å². The third-order valence-electron chi connectivity index (χ3n) is 4.86. The zero-order valence-electron chi connectivity index (χ0n) is 15.7. The number of aromatic nitrogens is 2. The summed E-state index contributed by atoms with van der Waals surface area (Å²) in [4.78, 5) is 34.0. The molecule has 0 saturated carbocycles.